The van der Waals surface area contributed by atoms with Gasteiger partial charge in [0, 0.05) is 13.0 Å². The zero-order valence-corrected chi connectivity index (χ0v) is 39.2. The number of unbranched alkanes of at least 4 members (excludes halogenated alkanes) is 27. The monoisotopic (exact) mass is 829 g/mol. The Morgan fingerprint density at radius 1 is 0.544 bits per heavy atom. The summed E-state index contributed by atoms with van der Waals surface area (Å²) >= 11 is 0. The van der Waals surface area contributed by atoms with Crippen molar-refractivity contribution in [2.75, 3.05) is 54.1 Å². The molecule has 0 bridgehead atoms. The minimum Gasteiger partial charge on any atom is -0.457 e. The lowest BCUT2D eigenvalue weighted by Crippen LogP contribution is -2.37. The number of hydrogen-bond acceptors (Lipinski definition) is 6. The molecule has 0 aliphatic rings. The van der Waals surface area contributed by atoms with Crippen LogP contribution in [0.15, 0.2) is 24.3 Å². The highest BCUT2D eigenvalue weighted by molar-refractivity contribution is 7.47. The summed E-state index contributed by atoms with van der Waals surface area (Å²) in [6.45, 7) is 5.63. The quantitative estimate of drug-likeness (QED) is 0.0215. The van der Waals surface area contributed by atoms with Crippen molar-refractivity contribution in [3.8, 4) is 0 Å². The molecule has 0 aromatic heterocycles. The van der Waals surface area contributed by atoms with Gasteiger partial charge in [-0.1, -0.05) is 192 Å². The van der Waals surface area contributed by atoms with Crippen molar-refractivity contribution in [3.63, 3.8) is 0 Å². The van der Waals surface area contributed by atoms with Crippen molar-refractivity contribution in [2.24, 2.45) is 0 Å². The van der Waals surface area contributed by atoms with Crippen LogP contribution in [0.4, 0.5) is 0 Å². The summed E-state index contributed by atoms with van der Waals surface area (Å²) in [6.07, 6.45) is 47.8. The van der Waals surface area contributed by atoms with E-state index in [4.69, 9.17) is 18.5 Å². The van der Waals surface area contributed by atoms with E-state index in [9.17, 15) is 14.3 Å². The molecular weight excluding hydrogens is 734 g/mol. The minimum atomic E-state index is -4.27. The molecule has 338 valence electrons. The van der Waals surface area contributed by atoms with E-state index in [1.165, 1.54) is 161 Å². The molecule has 0 saturated carbocycles. The van der Waals surface area contributed by atoms with E-state index in [2.05, 4.69) is 38.2 Å². The Bertz CT molecular complexity index is 967. The van der Waals surface area contributed by atoms with Crippen LogP contribution >= 0.6 is 7.82 Å². The van der Waals surface area contributed by atoms with Gasteiger partial charge in [-0.3, -0.25) is 13.8 Å². The van der Waals surface area contributed by atoms with Crippen molar-refractivity contribution >= 4 is 13.8 Å². The van der Waals surface area contributed by atoms with E-state index in [-0.39, 0.29) is 25.8 Å². The van der Waals surface area contributed by atoms with Crippen molar-refractivity contribution < 1.29 is 37.3 Å². The number of carbonyl (C=O) groups is 1. The Kier molecular flexibility index (Phi) is 41.0. The molecule has 0 aromatic carbocycles. The Hall–Kier alpha value is -1.02. The molecule has 0 aliphatic carbocycles. The lowest BCUT2D eigenvalue weighted by molar-refractivity contribution is -0.870. The maximum atomic E-state index is 12.7. The first-order valence-corrected chi connectivity index (χ1v) is 25.6. The number of carbonyl (C=O) groups excluding carboxylic acids is 1. The molecule has 8 nitrogen and oxygen atoms in total. The number of quaternary nitrogens is 1. The van der Waals surface area contributed by atoms with Gasteiger partial charge in [0.15, 0.2) is 0 Å². The summed E-state index contributed by atoms with van der Waals surface area (Å²) in [6, 6.07) is 0. The zero-order chi connectivity index (χ0) is 42.0. The van der Waals surface area contributed by atoms with Crippen molar-refractivity contribution in [1.29, 1.82) is 0 Å². The molecule has 0 rings (SSSR count). The van der Waals surface area contributed by atoms with Crippen LogP contribution < -0.4 is 0 Å². The number of nitrogens with zero attached hydrogens (tertiary/aromatic N) is 1. The highest BCUT2D eigenvalue weighted by Gasteiger charge is 2.26. The third-order valence-electron chi connectivity index (χ3n) is 10.5. The maximum absolute atomic E-state index is 12.7. The van der Waals surface area contributed by atoms with Gasteiger partial charge in [-0.15, -0.1) is 0 Å². The van der Waals surface area contributed by atoms with Crippen LogP contribution in [0.5, 0.6) is 0 Å². The van der Waals surface area contributed by atoms with Crippen molar-refractivity contribution in [3.05, 3.63) is 24.3 Å². The second kappa shape index (κ2) is 41.7. The number of hydrogen-bond donors (Lipinski definition) is 1. The van der Waals surface area contributed by atoms with Crippen LogP contribution in [0, 0.1) is 0 Å². The Morgan fingerprint density at radius 3 is 1.44 bits per heavy atom. The van der Waals surface area contributed by atoms with Crippen LogP contribution in [0.3, 0.4) is 0 Å². The number of phosphoric acid groups is 1. The first-order chi connectivity index (χ1) is 27.6. The number of esters is 1. The van der Waals surface area contributed by atoms with Gasteiger partial charge < -0.3 is 18.9 Å². The molecule has 57 heavy (non-hydrogen) atoms. The molecular formula is C48H95NO7P+. The van der Waals surface area contributed by atoms with E-state index in [1.54, 1.807) is 0 Å². The molecule has 0 heterocycles. The summed E-state index contributed by atoms with van der Waals surface area (Å²) in [5.41, 5.74) is 0. The molecule has 0 aromatic rings. The Labute approximate surface area is 353 Å². The highest BCUT2D eigenvalue weighted by atomic mass is 31.2. The predicted octanol–water partition coefficient (Wildman–Crippen LogP) is 14.4. The molecule has 0 fully saturated rings. The molecule has 1 N–H and O–H groups in total. The molecule has 0 spiro atoms. The Morgan fingerprint density at radius 2 is 0.965 bits per heavy atom. The summed E-state index contributed by atoms with van der Waals surface area (Å²) in [5.74, 6) is -0.312. The van der Waals surface area contributed by atoms with Gasteiger partial charge in [0.05, 0.1) is 34.4 Å². The molecule has 0 saturated heterocycles. The summed E-state index contributed by atoms with van der Waals surface area (Å²) in [5, 5.41) is 0. The molecule has 2 atom stereocenters. The van der Waals surface area contributed by atoms with Gasteiger partial charge in [-0.05, 0) is 44.9 Å². The average Bonchev–Trinajstić information content (AvgIpc) is 3.16. The lowest BCUT2D eigenvalue weighted by Gasteiger charge is -2.24. The van der Waals surface area contributed by atoms with Gasteiger partial charge in [0.2, 0.25) is 0 Å². The number of rotatable bonds is 45. The third kappa shape index (κ3) is 45.9. The van der Waals surface area contributed by atoms with Gasteiger partial charge in [0.1, 0.15) is 19.3 Å². The topological polar surface area (TPSA) is 91.3 Å². The average molecular weight is 829 g/mol. The number of likely N-dealkylation sites (N-methyl/N-ethyl adjacent to an activating group) is 1. The fourth-order valence-corrected chi connectivity index (χ4v) is 7.50. The minimum absolute atomic E-state index is 0.0895. The van der Waals surface area contributed by atoms with Gasteiger partial charge >= 0.3 is 13.8 Å². The van der Waals surface area contributed by atoms with Crippen LogP contribution in [-0.2, 0) is 27.9 Å². The van der Waals surface area contributed by atoms with Crippen LogP contribution in [0.2, 0.25) is 0 Å². The third-order valence-corrected chi connectivity index (χ3v) is 11.5. The van der Waals surface area contributed by atoms with Crippen LogP contribution in [0.25, 0.3) is 0 Å². The summed E-state index contributed by atoms with van der Waals surface area (Å²) in [4.78, 5) is 22.9. The van der Waals surface area contributed by atoms with Gasteiger partial charge in [-0.25, -0.2) is 4.57 Å². The van der Waals surface area contributed by atoms with Crippen molar-refractivity contribution in [2.45, 2.75) is 225 Å². The lowest BCUT2D eigenvalue weighted by atomic mass is 10.0. The molecule has 0 amide bonds. The summed E-state index contributed by atoms with van der Waals surface area (Å²) < 4.78 is 35.1. The molecule has 2 unspecified atom stereocenters. The molecule has 0 aliphatic heterocycles. The fraction of sp³-hybridized carbons (Fsp3) is 0.896. The predicted molar refractivity (Wildman–Crippen MR) is 243 cm³/mol. The number of allylic oxidation sites excluding steroid dienone is 4. The SMILES string of the molecule is CCCCCC/C=C\C/C=C\CCCCCCCCCCOCC(COP(=O)(O)OCC[N+](C)(C)C)OC(=O)CCCCCCCCCCCCCCCCCC. The Balaban J connectivity index is 4.17. The van der Waals surface area contributed by atoms with E-state index in [0.717, 1.165) is 38.5 Å². The first-order valence-electron chi connectivity index (χ1n) is 24.1. The van der Waals surface area contributed by atoms with Gasteiger partial charge in [-0.2, -0.15) is 0 Å². The maximum Gasteiger partial charge on any atom is 0.472 e. The zero-order valence-electron chi connectivity index (χ0n) is 38.3. The van der Waals surface area contributed by atoms with Gasteiger partial charge in [0.25, 0.3) is 0 Å². The van der Waals surface area contributed by atoms with E-state index in [0.29, 0.717) is 24.1 Å². The standard InChI is InChI=1S/C48H94NO7P/c1-6-8-10-12-14-16-18-20-22-24-25-26-28-30-32-34-36-38-40-43-53-45-47(46-55-57(51,52)54-44-42-49(3,4)5)56-48(50)41-39-37-35-33-31-29-27-23-21-19-17-15-13-11-9-7-2/h16,18,22,24,47H,6-15,17,19-21,23,25-46H2,1-5H3/p+1/b18-16-,24-22-. The van der Waals surface area contributed by atoms with E-state index >= 15 is 0 Å². The van der Waals surface area contributed by atoms with Crippen LogP contribution in [0.1, 0.15) is 219 Å². The normalized spacial score (nSPS) is 13.9. The van der Waals surface area contributed by atoms with Crippen LogP contribution in [-0.4, -0.2) is 75.6 Å². The van der Waals surface area contributed by atoms with Crippen molar-refractivity contribution in [1.82, 2.24) is 0 Å². The summed E-state index contributed by atoms with van der Waals surface area (Å²) in [7, 11) is 1.67. The number of phosphoric ester groups is 1. The first kappa shape index (κ1) is 56.0. The second-order valence-corrected chi connectivity index (χ2v) is 19.0. The molecule has 9 heteroatoms. The van der Waals surface area contributed by atoms with E-state index < -0.39 is 13.9 Å². The fourth-order valence-electron chi connectivity index (χ4n) is 6.76. The smallest absolute Gasteiger partial charge is 0.457 e. The number of ether oxygens (including phenoxy) is 2. The second-order valence-electron chi connectivity index (χ2n) is 17.5. The molecule has 0 radical (unpaired) electrons. The van der Waals surface area contributed by atoms with E-state index in [1.807, 2.05) is 21.1 Å². The largest absolute Gasteiger partial charge is 0.472 e. The highest BCUT2D eigenvalue weighted by Crippen LogP contribution is 2.43.